The lowest BCUT2D eigenvalue weighted by atomic mass is 10.3. The maximum atomic E-state index is 5.91. The molecule has 0 saturated carbocycles. The van der Waals surface area contributed by atoms with Gasteiger partial charge in [-0.15, -0.1) is 0 Å². The molecule has 1 nitrogen and oxygen atoms in total. The molecule has 0 bridgehead atoms. The van der Waals surface area contributed by atoms with E-state index in [0.717, 1.165) is 5.69 Å². The zero-order chi connectivity index (χ0) is 9.14. The van der Waals surface area contributed by atoms with E-state index >= 15 is 0 Å². The van der Waals surface area contributed by atoms with E-state index in [0.29, 0.717) is 10.0 Å². The average molecular weight is 203 g/mol. The van der Waals surface area contributed by atoms with Crippen molar-refractivity contribution >= 4 is 28.9 Å². The number of hydrogen-bond donors (Lipinski definition) is 0. The SMILES string of the molecule is CC(C)[N]c1cccc(Cl)c1Cl. The largest absolute Gasteiger partial charge is 0.281 e. The Hall–Kier alpha value is -0.400. The fourth-order valence-electron chi connectivity index (χ4n) is 0.870. The molecule has 0 amide bonds. The average Bonchev–Trinajstić information content (AvgIpc) is 1.98. The Morgan fingerprint density at radius 1 is 1.25 bits per heavy atom. The molecule has 0 fully saturated rings. The second-order valence-electron chi connectivity index (χ2n) is 2.80. The third-order valence-corrected chi connectivity index (χ3v) is 2.14. The number of hydrogen-bond acceptors (Lipinski definition) is 0. The predicted molar refractivity (Wildman–Crippen MR) is 53.4 cm³/mol. The van der Waals surface area contributed by atoms with Gasteiger partial charge < -0.3 is 0 Å². The van der Waals surface area contributed by atoms with E-state index in [1.54, 1.807) is 6.07 Å². The van der Waals surface area contributed by atoms with Gasteiger partial charge in [-0.1, -0.05) is 29.3 Å². The summed E-state index contributed by atoms with van der Waals surface area (Å²) in [5.41, 5.74) is 0.763. The van der Waals surface area contributed by atoms with Crippen LogP contribution >= 0.6 is 23.2 Å². The van der Waals surface area contributed by atoms with Gasteiger partial charge in [0.1, 0.15) is 0 Å². The summed E-state index contributed by atoms with van der Waals surface area (Å²) in [6.45, 7) is 3.99. The van der Waals surface area contributed by atoms with Crippen LogP contribution in [-0.2, 0) is 0 Å². The normalized spacial score (nSPS) is 10.4. The summed E-state index contributed by atoms with van der Waals surface area (Å²) in [6.07, 6.45) is 0. The molecular formula is C9H10Cl2N. The van der Waals surface area contributed by atoms with Crippen molar-refractivity contribution < 1.29 is 0 Å². The van der Waals surface area contributed by atoms with Crippen molar-refractivity contribution in [1.29, 1.82) is 0 Å². The molecule has 1 radical (unpaired) electrons. The Balaban J connectivity index is 2.92. The van der Waals surface area contributed by atoms with E-state index in [-0.39, 0.29) is 6.04 Å². The number of rotatable bonds is 2. The van der Waals surface area contributed by atoms with Crippen LogP contribution in [-0.4, -0.2) is 6.04 Å². The van der Waals surface area contributed by atoms with Crippen molar-refractivity contribution in [2.75, 3.05) is 0 Å². The highest BCUT2D eigenvalue weighted by atomic mass is 35.5. The third-order valence-electron chi connectivity index (χ3n) is 1.33. The molecule has 0 saturated heterocycles. The standard InChI is InChI=1S/C9H10Cl2N/c1-6(2)12-8-5-3-4-7(10)9(8)11/h3-6H,1-2H3. The monoisotopic (exact) mass is 202 g/mol. The van der Waals surface area contributed by atoms with Crippen LogP contribution in [0.1, 0.15) is 13.8 Å². The second-order valence-corrected chi connectivity index (χ2v) is 3.58. The van der Waals surface area contributed by atoms with Gasteiger partial charge in [-0.3, -0.25) is 5.32 Å². The molecular weight excluding hydrogens is 193 g/mol. The van der Waals surface area contributed by atoms with E-state index in [1.165, 1.54) is 0 Å². The fourth-order valence-corrected chi connectivity index (χ4v) is 1.21. The molecule has 0 aliphatic carbocycles. The van der Waals surface area contributed by atoms with E-state index in [4.69, 9.17) is 23.2 Å². The molecule has 0 heterocycles. The summed E-state index contributed by atoms with van der Waals surface area (Å²) < 4.78 is 0. The summed E-state index contributed by atoms with van der Waals surface area (Å²) in [5.74, 6) is 0. The van der Waals surface area contributed by atoms with E-state index < -0.39 is 0 Å². The minimum absolute atomic E-state index is 0.237. The fraction of sp³-hybridized carbons (Fsp3) is 0.333. The molecule has 0 spiro atoms. The molecule has 1 aromatic rings. The summed E-state index contributed by atoms with van der Waals surface area (Å²) >= 11 is 11.7. The molecule has 1 aromatic carbocycles. The number of benzene rings is 1. The molecule has 0 aromatic heterocycles. The first-order chi connectivity index (χ1) is 5.61. The molecule has 0 N–H and O–H groups in total. The summed E-state index contributed by atoms with van der Waals surface area (Å²) in [4.78, 5) is 0. The Morgan fingerprint density at radius 3 is 2.50 bits per heavy atom. The van der Waals surface area contributed by atoms with Crippen molar-refractivity contribution in [2.24, 2.45) is 0 Å². The molecule has 0 aliphatic heterocycles. The lowest BCUT2D eigenvalue weighted by Gasteiger charge is -2.08. The molecule has 12 heavy (non-hydrogen) atoms. The maximum absolute atomic E-state index is 5.91. The Labute approximate surface area is 82.7 Å². The van der Waals surface area contributed by atoms with Crippen LogP contribution in [0, 0.1) is 0 Å². The predicted octanol–water partition coefficient (Wildman–Crippen LogP) is 3.64. The van der Waals surface area contributed by atoms with Crippen LogP contribution in [0.15, 0.2) is 18.2 Å². The lowest BCUT2D eigenvalue weighted by Crippen LogP contribution is -2.08. The highest BCUT2D eigenvalue weighted by Crippen LogP contribution is 2.29. The van der Waals surface area contributed by atoms with E-state index in [9.17, 15) is 0 Å². The zero-order valence-electron chi connectivity index (χ0n) is 7.01. The first kappa shape index (κ1) is 9.69. The highest BCUT2D eigenvalue weighted by Gasteiger charge is 2.05. The van der Waals surface area contributed by atoms with Crippen molar-refractivity contribution in [3.8, 4) is 0 Å². The van der Waals surface area contributed by atoms with Crippen molar-refractivity contribution in [3.63, 3.8) is 0 Å². The van der Waals surface area contributed by atoms with Crippen LogP contribution in [0.3, 0.4) is 0 Å². The quantitative estimate of drug-likeness (QED) is 0.696. The van der Waals surface area contributed by atoms with Gasteiger partial charge in [-0.2, -0.15) is 0 Å². The number of halogens is 2. The molecule has 1 rings (SSSR count). The van der Waals surface area contributed by atoms with E-state index in [2.05, 4.69) is 5.32 Å². The third kappa shape index (κ3) is 2.29. The maximum Gasteiger partial charge on any atom is 0.0844 e. The van der Waals surface area contributed by atoms with Crippen LogP contribution in [0.2, 0.25) is 10.0 Å². The molecule has 0 aliphatic rings. The van der Waals surface area contributed by atoms with Crippen LogP contribution < -0.4 is 5.32 Å². The van der Waals surface area contributed by atoms with Gasteiger partial charge in [-0.05, 0) is 26.0 Å². The van der Waals surface area contributed by atoms with Gasteiger partial charge in [0.2, 0.25) is 0 Å². The van der Waals surface area contributed by atoms with Crippen molar-refractivity contribution in [1.82, 2.24) is 5.32 Å². The van der Waals surface area contributed by atoms with Gasteiger partial charge in [0, 0.05) is 6.04 Å². The number of nitrogens with zero attached hydrogens (tertiary/aromatic N) is 1. The summed E-state index contributed by atoms with van der Waals surface area (Å²) in [5, 5.41) is 5.39. The smallest absolute Gasteiger partial charge is 0.0844 e. The van der Waals surface area contributed by atoms with Gasteiger partial charge in [0.05, 0.1) is 15.7 Å². The zero-order valence-corrected chi connectivity index (χ0v) is 8.52. The van der Waals surface area contributed by atoms with Crippen LogP contribution in [0.5, 0.6) is 0 Å². The first-order valence-electron chi connectivity index (χ1n) is 3.76. The van der Waals surface area contributed by atoms with Crippen LogP contribution in [0.4, 0.5) is 5.69 Å². The molecule has 3 heteroatoms. The topological polar surface area (TPSA) is 14.1 Å². The van der Waals surface area contributed by atoms with Crippen molar-refractivity contribution in [2.45, 2.75) is 19.9 Å². The molecule has 0 unspecified atom stereocenters. The van der Waals surface area contributed by atoms with E-state index in [1.807, 2.05) is 26.0 Å². The lowest BCUT2D eigenvalue weighted by molar-refractivity contribution is 0.699. The minimum Gasteiger partial charge on any atom is -0.281 e. The molecule has 65 valence electrons. The Kier molecular flexibility index (Phi) is 3.24. The van der Waals surface area contributed by atoms with Gasteiger partial charge in [0.15, 0.2) is 0 Å². The summed E-state index contributed by atoms with van der Waals surface area (Å²) in [7, 11) is 0. The van der Waals surface area contributed by atoms with Gasteiger partial charge >= 0.3 is 0 Å². The Bertz CT molecular complexity index is 271. The minimum atomic E-state index is 0.237. The first-order valence-corrected chi connectivity index (χ1v) is 4.51. The molecule has 0 atom stereocenters. The summed E-state index contributed by atoms with van der Waals surface area (Å²) in [6, 6.07) is 5.69. The van der Waals surface area contributed by atoms with Crippen molar-refractivity contribution in [3.05, 3.63) is 28.2 Å². The highest BCUT2D eigenvalue weighted by molar-refractivity contribution is 6.43. The van der Waals surface area contributed by atoms with Crippen LogP contribution in [0.25, 0.3) is 0 Å². The Morgan fingerprint density at radius 2 is 1.92 bits per heavy atom. The van der Waals surface area contributed by atoms with Gasteiger partial charge in [0.25, 0.3) is 0 Å². The second kappa shape index (κ2) is 4.01. The van der Waals surface area contributed by atoms with Gasteiger partial charge in [-0.25, -0.2) is 0 Å².